The van der Waals surface area contributed by atoms with Gasteiger partial charge >= 0.3 is 0 Å². The van der Waals surface area contributed by atoms with Gasteiger partial charge in [0.25, 0.3) is 0 Å². The molecule has 4 heteroatoms. The highest BCUT2D eigenvalue weighted by Gasteiger charge is 2.03. The predicted molar refractivity (Wildman–Crippen MR) is 57.2 cm³/mol. The normalized spacial score (nSPS) is 12.1. The summed E-state index contributed by atoms with van der Waals surface area (Å²) in [6.45, 7) is 6.84. The van der Waals surface area contributed by atoms with Gasteiger partial charge in [0.2, 0.25) is 0 Å². The molecule has 4 nitrogen and oxygen atoms in total. The molecule has 0 saturated carbocycles. The minimum atomic E-state index is 0.512. The molecule has 1 rings (SSSR count). The largest absolute Gasteiger partial charge is 0.383 e. The van der Waals surface area contributed by atoms with Gasteiger partial charge in [-0.15, -0.1) is 0 Å². The molecule has 0 atom stereocenters. The molecule has 0 amide bonds. The van der Waals surface area contributed by atoms with Gasteiger partial charge in [0.15, 0.2) is 0 Å². The van der Waals surface area contributed by atoms with Crippen molar-refractivity contribution in [3.8, 4) is 0 Å². The van der Waals surface area contributed by atoms with Crippen LogP contribution in [0.3, 0.4) is 0 Å². The van der Waals surface area contributed by atoms with Crippen molar-refractivity contribution >= 4 is 5.84 Å². The van der Waals surface area contributed by atoms with E-state index in [1.54, 1.807) is 6.20 Å². The first-order valence-electron chi connectivity index (χ1n) is 4.68. The minimum absolute atomic E-state index is 0.512. The Morgan fingerprint density at radius 2 is 2.29 bits per heavy atom. The molecule has 0 unspecified atom stereocenters. The van der Waals surface area contributed by atoms with E-state index in [1.165, 1.54) is 6.33 Å². The summed E-state index contributed by atoms with van der Waals surface area (Å²) >= 11 is 0. The number of nitrogens with two attached hydrogens (primary N) is 1. The van der Waals surface area contributed by atoms with Crippen LogP contribution in [0.2, 0.25) is 0 Å². The average Bonchev–Trinajstić information content (AvgIpc) is 2.15. The van der Waals surface area contributed by atoms with E-state index in [-0.39, 0.29) is 0 Å². The molecule has 1 heterocycles. The average molecular weight is 192 g/mol. The first-order valence-corrected chi connectivity index (χ1v) is 4.68. The van der Waals surface area contributed by atoms with Crippen molar-refractivity contribution in [2.75, 3.05) is 6.54 Å². The number of rotatable bonds is 3. The first kappa shape index (κ1) is 10.6. The fraction of sp³-hybridized carbons (Fsp3) is 0.500. The van der Waals surface area contributed by atoms with E-state index in [0.29, 0.717) is 11.8 Å². The Kier molecular flexibility index (Phi) is 3.56. The maximum absolute atomic E-state index is 5.81. The second-order valence-electron chi connectivity index (χ2n) is 3.64. The van der Waals surface area contributed by atoms with Crippen LogP contribution in [0, 0.1) is 12.8 Å². The van der Waals surface area contributed by atoms with Crippen LogP contribution in [0.15, 0.2) is 17.5 Å². The summed E-state index contributed by atoms with van der Waals surface area (Å²) in [5, 5.41) is 0. The lowest BCUT2D eigenvalue weighted by molar-refractivity contribution is 0.665. The molecule has 1 aromatic heterocycles. The lowest BCUT2D eigenvalue weighted by atomic mass is 10.2. The van der Waals surface area contributed by atoms with Crippen molar-refractivity contribution in [2.24, 2.45) is 16.6 Å². The fourth-order valence-electron chi connectivity index (χ4n) is 1.01. The van der Waals surface area contributed by atoms with E-state index in [2.05, 4.69) is 28.8 Å². The molecule has 0 radical (unpaired) electrons. The van der Waals surface area contributed by atoms with Crippen LogP contribution < -0.4 is 5.73 Å². The van der Waals surface area contributed by atoms with E-state index in [1.807, 2.05) is 6.92 Å². The molecular formula is C10H16N4. The molecule has 0 aliphatic rings. The third-order valence-corrected chi connectivity index (χ3v) is 1.81. The number of hydrogen-bond acceptors (Lipinski definition) is 3. The summed E-state index contributed by atoms with van der Waals surface area (Å²) in [5.41, 5.74) is 7.51. The Morgan fingerprint density at radius 3 is 2.86 bits per heavy atom. The highest BCUT2D eigenvalue weighted by molar-refractivity contribution is 5.98. The molecule has 0 bridgehead atoms. The van der Waals surface area contributed by atoms with E-state index < -0.39 is 0 Å². The van der Waals surface area contributed by atoms with Gasteiger partial charge in [0.05, 0.1) is 11.3 Å². The second kappa shape index (κ2) is 4.69. The van der Waals surface area contributed by atoms with Gasteiger partial charge in [-0.25, -0.2) is 9.97 Å². The van der Waals surface area contributed by atoms with Gasteiger partial charge < -0.3 is 5.73 Å². The van der Waals surface area contributed by atoms with E-state index in [9.17, 15) is 0 Å². The van der Waals surface area contributed by atoms with Gasteiger partial charge in [-0.1, -0.05) is 13.8 Å². The molecule has 1 aromatic rings. The predicted octanol–water partition coefficient (Wildman–Crippen LogP) is 1.15. The topological polar surface area (TPSA) is 64.2 Å². The monoisotopic (exact) mass is 192 g/mol. The Bertz CT molecular complexity index is 331. The third kappa shape index (κ3) is 2.80. The Hall–Kier alpha value is -1.45. The highest BCUT2D eigenvalue weighted by Crippen LogP contribution is 2.02. The molecule has 0 aromatic carbocycles. The summed E-state index contributed by atoms with van der Waals surface area (Å²) < 4.78 is 0. The van der Waals surface area contributed by atoms with Crippen LogP contribution in [-0.4, -0.2) is 22.3 Å². The van der Waals surface area contributed by atoms with Crippen LogP contribution in [0.25, 0.3) is 0 Å². The van der Waals surface area contributed by atoms with Gasteiger partial charge in [-0.05, 0) is 12.8 Å². The molecule has 0 aliphatic heterocycles. The minimum Gasteiger partial charge on any atom is -0.383 e. The number of nitrogens with zero attached hydrogens (tertiary/aromatic N) is 3. The molecule has 2 N–H and O–H groups in total. The van der Waals surface area contributed by atoms with E-state index >= 15 is 0 Å². The molecule has 0 spiro atoms. The van der Waals surface area contributed by atoms with Gasteiger partial charge in [0, 0.05) is 12.7 Å². The summed E-state index contributed by atoms with van der Waals surface area (Å²) in [4.78, 5) is 12.2. The van der Waals surface area contributed by atoms with E-state index in [0.717, 1.165) is 17.8 Å². The molecule has 0 aliphatic carbocycles. The third-order valence-electron chi connectivity index (χ3n) is 1.81. The maximum Gasteiger partial charge on any atom is 0.129 e. The molecule has 0 saturated heterocycles. The Balaban J connectivity index is 2.84. The van der Waals surface area contributed by atoms with Crippen molar-refractivity contribution in [1.29, 1.82) is 0 Å². The molecule has 0 fully saturated rings. The first-order chi connectivity index (χ1) is 6.61. The molecular weight excluding hydrogens is 176 g/mol. The molecule has 14 heavy (non-hydrogen) atoms. The zero-order valence-corrected chi connectivity index (χ0v) is 8.86. The van der Waals surface area contributed by atoms with Crippen molar-refractivity contribution in [3.05, 3.63) is 23.8 Å². The second-order valence-corrected chi connectivity index (χ2v) is 3.64. The smallest absolute Gasteiger partial charge is 0.129 e. The fourth-order valence-corrected chi connectivity index (χ4v) is 1.01. The molecule has 76 valence electrons. The van der Waals surface area contributed by atoms with Crippen LogP contribution in [0.4, 0.5) is 0 Å². The van der Waals surface area contributed by atoms with Crippen molar-refractivity contribution in [3.63, 3.8) is 0 Å². The Labute approximate surface area is 84.3 Å². The highest BCUT2D eigenvalue weighted by atomic mass is 14.9. The quantitative estimate of drug-likeness (QED) is 0.577. The zero-order valence-electron chi connectivity index (χ0n) is 8.86. The number of aliphatic imine (C=N–C) groups is 1. The summed E-state index contributed by atoms with van der Waals surface area (Å²) in [6, 6.07) is 0. The lowest BCUT2D eigenvalue weighted by Gasteiger charge is -2.04. The zero-order chi connectivity index (χ0) is 10.6. The van der Waals surface area contributed by atoms with Crippen LogP contribution in [0.1, 0.15) is 25.1 Å². The SMILES string of the molecule is Cc1ncncc1C(N)=NCC(C)C. The number of hydrogen-bond donors (Lipinski definition) is 1. The summed E-state index contributed by atoms with van der Waals surface area (Å²) in [5.74, 6) is 1.04. The van der Waals surface area contributed by atoms with Crippen LogP contribution in [0.5, 0.6) is 0 Å². The van der Waals surface area contributed by atoms with Crippen molar-refractivity contribution < 1.29 is 0 Å². The lowest BCUT2D eigenvalue weighted by Crippen LogP contribution is -2.17. The van der Waals surface area contributed by atoms with E-state index in [4.69, 9.17) is 5.73 Å². The number of aromatic nitrogens is 2. The van der Waals surface area contributed by atoms with Gasteiger partial charge in [-0.3, -0.25) is 4.99 Å². The van der Waals surface area contributed by atoms with Crippen molar-refractivity contribution in [2.45, 2.75) is 20.8 Å². The Morgan fingerprint density at radius 1 is 1.57 bits per heavy atom. The van der Waals surface area contributed by atoms with Crippen LogP contribution >= 0.6 is 0 Å². The van der Waals surface area contributed by atoms with Gasteiger partial charge in [-0.2, -0.15) is 0 Å². The maximum atomic E-state index is 5.81. The number of aryl methyl sites for hydroxylation is 1. The standard InChI is InChI=1S/C10H16N4/c1-7(2)4-13-10(11)9-5-12-6-14-8(9)3/h5-7H,4H2,1-3H3,(H2,11,13). The van der Waals surface area contributed by atoms with Gasteiger partial charge in [0.1, 0.15) is 12.2 Å². The van der Waals surface area contributed by atoms with Crippen LogP contribution in [-0.2, 0) is 0 Å². The summed E-state index contributed by atoms with van der Waals surface area (Å²) in [6.07, 6.45) is 3.20. The number of amidine groups is 1. The van der Waals surface area contributed by atoms with Crippen molar-refractivity contribution in [1.82, 2.24) is 9.97 Å². The summed E-state index contributed by atoms with van der Waals surface area (Å²) in [7, 11) is 0.